The summed E-state index contributed by atoms with van der Waals surface area (Å²) in [5.41, 5.74) is 15.3. The molecule has 13 nitrogen and oxygen atoms in total. The van der Waals surface area contributed by atoms with Gasteiger partial charge in [-0.1, -0.05) is 0 Å². The Labute approximate surface area is 154 Å². The lowest BCUT2D eigenvalue weighted by atomic mass is 10.1. The van der Waals surface area contributed by atoms with E-state index in [1.54, 1.807) is 0 Å². The Bertz CT molecular complexity index is 621. The maximum atomic E-state index is 12.2. The first-order chi connectivity index (χ1) is 12.3. The van der Waals surface area contributed by atoms with Crippen LogP contribution in [0.25, 0.3) is 0 Å². The van der Waals surface area contributed by atoms with E-state index in [1.165, 1.54) is 13.8 Å². The molecular weight excluding hydrogens is 364 g/mol. The highest BCUT2D eigenvalue weighted by Gasteiger charge is 2.30. The van der Waals surface area contributed by atoms with Gasteiger partial charge in [-0.2, -0.15) is 0 Å². The molecule has 0 spiro atoms. The molecule has 0 radical (unpaired) electrons. The number of nitrogens with one attached hydrogen (secondary N) is 3. The van der Waals surface area contributed by atoms with Gasteiger partial charge in [-0.05, 0) is 13.8 Å². The molecule has 0 aromatic carbocycles. The standard InChI is InChI=1S/C14H24N6O7/c1-5(15)11(23)18-6(2)12(24)19-7(3-9(16)21)13(25)20-8(14(26)27)4-10(17)22/h5-8H,3-4,15H2,1-2H3,(H2,16,21)(H2,17,22)(H,18,23)(H,19,24)(H,20,25)(H,26,27). The summed E-state index contributed by atoms with van der Waals surface area (Å²) in [4.78, 5) is 68.9. The Kier molecular flexibility index (Phi) is 9.42. The van der Waals surface area contributed by atoms with Crippen molar-refractivity contribution in [3.8, 4) is 0 Å². The van der Waals surface area contributed by atoms with Crippen LogP contribution in [0.5, 0.6) is 0 Å². The lowest BCUT2D eigenvalue weighted by molar-refractivity contribution is -0.144. The van der Waals surface area contributed by atoms with Gasteiger partial charge in [0.2, 0.25) is 29.5 Å². The first-order valence-corrected chi connectivity index (χ1v) is 7.81. The van der Waals surface area contributed by atoms with Gasteiger partial charge in [-0.15, -0.1) is 0 Å². The number of carbonyl (C=O) groups is 6. The molecule has 0 heterocycles. The minimum Gasteiger partial charge on any atom is -0.480 e. The van der Waals surface area contributed by atoms with Crippen LogP contribution in [0.2, 0.25) is 0 Å². The molecular formula is C14H24N6O7. The lowest BCUT2D eigenvalue weighted by Crippen LogP contribution is -2.57. The second kappa shape index (κ2) is 10.7. The van der Waals surface area contributed by atoms with E-state index in [1.807, 2.05) is 5.32 Å². The molecule has 10 N–H and O–H groups in total. The van der Waals surface area contributed by atoms with E-state index in [0.29, 0.717) is 0 Å². The topological polar surface area (TPSA) is 237 Å². The summed E-state index contributed by atoms with van der Waals surface area (Å²) < 4.78 is 0. The number of amides is 5. The molecule has 4 unspecified atom stereocenters. The van der Waals surface area contributed by atoms with E-state index < -0.39 is 72.5 Å². The van der Waals surface area contributed by atoms with Gasteiger partial charge >= 0.3 is 5.97 Å². The summed E-state index contributed by atoms with van der Waals surface area (Å²) >= 11 is 0. The highest BCUT2D eigenvalue weighted by atomic mass is 16.4. The third-order valence-corrected chi connectivity index (χ3v) is 3.22. The fourth-order valence-corrected chi connectivity index (χ4v) is 1.79. The summed E-state index contributed by atoms with van der Waals surface area (Å²) in [6.45, 7) is 2.70. The number of carboxylic acid groups (broad SMARTS) is 1. The zero-order chi connectivity index (χ0) is 21.3. The van der Waals surface area contributed by atoms with Crippen LogP contribution in [0.15, 0.2) is 0 Å². The third-order valence-electron chi connectivity index (χ3n) is 3.22. The molecule has 0 rings (SSSR count). The monoisotopic (exact) mass is 388 g/mol. The molecule has 0 fully saturated rings. The normalized spacial score (nSPS) is 14.8. The Balaban J connectivity index is 5.14. The van der Waals surface area contributed by atoms with Crippen molar-refractivity contribution in [1.29, 1.82) is 0 Å². The van der Waals surface area contributed by atoms with Crippen LogP contribution in [0.1, 0.15) is 26.7 Å². The van der Waals surface area contributed by atoms with E-state index in [0.717, 1.165) is 0 Å². The van der Waals surface area contributed by atoms with Crippen LogP contribution in [0.3, 0.4) is 0 Å². The molecule has 13 heteroatoms. The Hall–Kier alpha value is -3.22. The van der Waals surface area contributed by atoms with Crippen LogP contribution in [-0.2, 0) is 28.8 Å². The van der Waals surface area contributed by atoms with Crippen molar-refractivity contribution >= 4 is 35.5 Å². The van der Waals surface area contributed by atoms with Crippen molar-refractivity contribution in [3.63, 3.8) is 0 Å². The first-order valence-electron chi connectivity index (χ1n) is 7.81. The van der Waals surface area contributed by atoms with Crippen LogP contribution < -0.4 is 33.2 Å². The molecule has 4 atom stereocenters. The molecule has 27 heavy (non-hydrogen) atoms. The van der Waals surface area contributed by atoms with Gasteiger partial charge < -0.3 is 38.3 Å². The number of carbonyl (C=O) groups excluding carboxylic acids is 5. The Morgan fingerprint density at radius 2 is 1.22 bits per heavy atom. The highest BCUT2D eigenvalue weighted by molar-refractivity contribution is 5.96. The van der Waals surface area contributed by atoms with Crippen molar-refractivity contribution in [3.05, 3.63) is 0 Å². The van der Waals surface area contributed by atoms with Gasteiger partial charge in [0.25, 0.3) is 0 Å². The molecule has 5 amide bonds. The Morgan fingerprint density at radius 1 is 0.778 bits per heavy atom. The maximum absolute atomic E-state index is 12.2. The van der Waals surface area contributed by atoms with E-state index in [2.05, 4.69) is 10.6 Å². The number of nitrogens with two attached hydrogens (primary N) is 3. The van der Waals surface area contributed by atoms with Gasteiger partial charge in [-0.3, -0.25) is 24.0 Å². The summed E-state index contributed by atoms with van der Waals surface area (Å²) in [5.74, 6) is -6.01. The average molecular weight is 388 g/mol. The fraction of sp³-hybridized carbons (Fsp3) is 0.571. The van der Waals surface area contributed by atoms with Crippen molar-refractivity contribution in [2.45, 2.75) is 50.9 Å². The quantitative estimate of drug-likeness (QED) is 0.182. The number of primary amides is 2. The number of aliphatic carboxylic acids is 1. The number of hydrogen-bond acceptors (Lipinski definition) is 7. The highest BCUT2D eigenvalue weighted by Crippen LogP contribution is 1.99. The molecule has 0 aliphatic rings. The largest absolute Gasteiger partial charge is 0.480 e. The van der Waals surface area contributed by atoms with Crippen molar-refractivity contribution in [2.24, 2.45) is 17.2 Å². The number of rotatable bonds is 11. The van der Waals surface area contributed by atoms with Crippen molar-refractivity contribution in [2.75, 3.05) is 0 Å². The van der Waals surface area contributed by atoms with Crippen molar-refractivity contribution < 1.29 is 33.9 Å². The molecule has 0 saturated carbocycles. The zero-order valence-corrected chi connectivity index (χ0v) is 14.9. The molecule has 0 bridgehead atoms. The molecule has 0 aliphatic heterocycles. The fourth-order valence-electron chi connectivity index (χ4n) is 1.79. The zero-order valence-electron chi connectivity index (χ0n) is 14.9. The van der Waals surface area contributed by atoms with Gasteiger partial charge in [0.1, 0.15) is 18.1 Å². The van der Waals surface area contributed by atoms with Gasteiger partial charge in [0.05, 0.1) is 18.9 Å². The molecule has 0 aromatic rings. The smallest absolute Gasteiger partial charge is 0.326 e. The predicted octanol–water partition coefficient (Wildman–Crippen LogP) is -4.36. The molecule has 0 aromatic heterocycles. The lowest BCUT2D eigenvalue weighted by Gasteiger charge is -2.22. The van der Waals surface area contributed by atoms with Gasteiger partial charge in [-0.25, -0.2) is 4.79 Å². The van der Waals surface area contributed by atoms with Gasteiger partial charge in [0, 0.05) is 0 Å². The van der Waals surface area contributed by atoms with E-state index >= 15 is 0 Å². The van der Waals surface area contributed by atoms with Crippen LogP contribution in [-0.4, -0.2) is 64.8 Å². The van der Waals surface area contributed by atoms with Crippen LogP contribution in [0.4, 0.5) is 0 Å². The first kappa shape index (κ1) is 23.8. The predicted molar refractivity (Wildman–Crippen MR) is 90.4 cm³/mol. The van der Waals surface area contributed by atoms with Crippen LogP contribution >= 0.6 is 0 Å². The summed E-state index contributed by atoms with van der Waals surface area (Å²) in [6.07, 6.45) is -1.34. The van der Waals surface area contributed by atoms with Gasteiger partial charge in [0.15, 0.2) is 0 Å². The van der Waals surface area contributed by atoms with Crippen molar-refractivity contribution in [1.82, 2.24) is 16.0 Å². The third kappa shape index (κ3) is 9.15. The molecule has 0 saturated heterocycles. The second-order valence-corrected chi connectivity index (χ2v) is 5.82. The van der Waals surface area contributed by atoms with E-state index in [4.69, 9.17) is 22.3 Å². The van der Waals surface area contributed by atoms with E-state index in [9.17, 15) is 28.8 Å². The minimum absolute atomic E-state index is 0.624. The molecule has 152 valence electrons. The summed E-state index contributed by atoms with van der Waals surface area (Å²) in [5, 5.41) is 15.4. The summed E-state index contributed by atoms with van der Waals surface area (Å²) in [6, 6.07) is -5.17. The minimum atomic E-state index is -1.66. The number of hydrogen-bond donors (Lipinski definition) is 7. The Morgan fingerprint density at radius 3 is 1.63 bits per heavy atom. The number of carboxylic acids is 1. The SMILES string of the molecule is CC(N)C(=O)NC(C)C(=O)NC(CC(N)=O)C(=O)NC(CC(N)=O)C(=O)O. The van der Waals surface area contributed by atoms with E-state index in [-0.39, 0.29) is 0 Å². The average Bonchev–Trinajstić information content (AvgIpc) is 2.51. The van der Waals surface area contributed by atoms with Crippen LogP contribution in [0, 0.1) is 0 Å². The summed E-state index contributed by atoms with van der Waals surface area (Å²) in [7, 11) is 0. The maximum Gasteiger partial charge on any atom is 0.326 e. The second-order valence-electron chi connectivity index (χ2n) is 5.82. The molecule has 0 aliphatic carbocycles.